The van der Waals surface area contributed by atoms with Gasteiger partial charge in [-0.05, 0) is 35.4 Å². The molecule has 2 aromatic rings. The molecule has 0 spiro atoms. The van der Waals surface area contributed by atoms with Gasteiger partial charge in [0.05, 0.1) is 13.2 Å². The molecule has 96 valence electrons. The van der Waals surface area contributed by atoms with Gasteiger partial charge in [-0.1, -0.05) is 28.1 Å². The highest BCUT2D eigenvalue weighted by molar-refractivity contribution is 9.10. The standard InChI is InChI=1S/C15H10BrFO2/c16-13-4-11(5-14(17)6-13)15(18)9-1-2-10-7-19-8-12(10)3-9/h1-6H,7-8H2. The summed E-state index contributed by atoms with van der Waals surface area (Å²) in [6, 6.07) is 9.67. The first-order valence-corrected chi connectivity index (χ1v) is 6.63. The largest absolute Gasteiger partial charge is 0.372 e. The summed E-state index contributed by atoms with van der Waals surface area (Å²) >= 11 is 3.19. The van der Waals surface area contributed by atoms with Crippen molar-refractivity contribution >= 4 is 21.7 Å². The lowest BCUT2D eigenvalue weighted by Gasteiger charge is -2.04. The molecule has 0 bridgehead atoms. The fraction of sp³-hybridized carbons (Fsp3) is 0.133. The molecule has 0 unspecified atom stereocenters. The predicted molar refractivity (Wildman–Crippen MR) is 72.5 cm³/mol. The number of ether oxygens (including phenoxy) is 1. The lowest BCUT2D eigenvalue weighted by atomic mass is 9.99. The van der Waals surface area contributed by atoms with Gasteiger partial charge in [-0.2, -0.15) is 0 Å². The summed E-state index contributed by atoms with van der Waals surface area (Å²) < 4.78 is 19.2. The lowest BCUT2D eigenvalue weighted by Crippen LogP contribution is -2.03. The maximum Gasteiger partial charge on any atom is 0.193 e. The predicted octanol–water partition coefficient (Wildman–Crippen LogP) is 3.85. The number of carbonyl (C=O) groups is 1. The van der Waals surface area contributed by atoms with Crippen LogP contribution in [0.15, 0.2) is 40.9 Å². The van der Waals surface area contributed by atoms with Crippen LogP contribution in [0.2, 0.25) is 0 Å². The first kappa shape index (κ1) is 12.5. The Morgan fingerprint density at radius 1 is 1.05 bits per heavy atom. The Bertz CT molecular complexity index is 647. The van der Waals surface area contributed by atoms with E-state index < -0.39 is 5.82 Å². The highest BCUT2D eigenvalue weighted by Gasteiger charge is 2.16. The molecule has 2 nitrogen and oxygen atoms in total. The first-order chi connectivity index (χ1) is 9.13. The van der Waals surface area contributed by atoms with Crippen molar-refractivity contribution < 1.29 is 13.9 Å². The maximum atomic E-state index is 13.3. The Morgan fingerprint density at radius 3 is 2.63 bits per heavy atom. The van der Waals surface area contributed by atoms with Crippen molar-refractivity contribution in [2.75, 3.05) is 0 Å². The minimum Gasteiger partial charge on any atom is -0.372 e. The van der Waals surface area contributed by atoms with Gasteiger partial charge < -0.3 is 4.74 Å². The zero-order chi connectivity index (χ0) is 13.4. The van der Waals surface area contributed by atoms with Crippen LogP contribution < -0.4 is 0 Å². The van der Waals surface area contributed by atoms with E-state index in [9.17, 15) is 9.18 Å². The van der Waals surface area contributed by atoms with Gasteiger partial charge in [0, 0.05) is 15.6 Å². The molecule has 2 aromatic carbocycles. The van der Waals surface area contributed by atoms with E-state index in [1.807, 2.05) is 12.1 Å². The fourth-order valence-corrected chi connectivity index (χ4v) is 2.63. The van der Waals surface area contributed by atoms with E-state index in [1.165, 1.54) is 12.1 Å². The van der Waals surface area contributed by atoms with Crippen molar-refractivity contribution in [2.45, 2.75) is 13.2 Å². The van der Waals surface area contributed by atoms with Crippen LogP contribution in [0.3, 0.4) is 0 Å². The summed E-state index contributed by atoms with van der Waals surface area (Å²) in [7, 11) is 0. The van der Waals surface area contributed by atoms with Crippen molar-refractivity contribution in [3.63, 3.8) is 0 Å². The van der Waals surface area contributed by atoms with Gasteiger partial charge in [0.25, 0.3) is 0 Å². The Morgan fingerprint density at radius 2 is 1.84 bits per heavy atom. The summed E-state index contributed by atoms with van der Waals surface area (Å²) in [5.41, 5.74) is 3.03. The number of rotatable bonds is 2. The van der Waals surface area contributed by atoms with Crippen molar-refractivity contribution in [3.05, 3.63) is 68.9 Å². The molecule has 19 heavy (non-hydrogen) atoms. The summed E-state index contributed by atoms with van der Waals surface area (Å²) in [4.78, 5) is 12.3. The number of hydrogen-bond acceptors (Lipinski definition) is 2. The van der Waals surface area contributed by atoms with E-state index in [0.29, 0.717) is 28.8 Å². The SMILES string of the molecule is O=C(c1cc(F)cc(Br)c1)c1ccc2c(c1)COC2. The van der Waals surface area contributed by atoms with Crippen LogP contribution in [0.4, 0.5) is 4.39 Å². The second-order valence-corrected chi connectivity index (χ2v) is 5.38. The van der Waals surface area contributed by atoms with Crippen LogP contribution in [0, 0.1) is 5.82 Å². The van der Waals surface area contributed by atoms with Gasteiger partial charge in [-0.15, -0.1) is 0 Å². The van der Waals surface area contributed by atoms with E-state index in [1.54, 1.807) is 12.1 Å². The van der Waals surface area contributed by atoms with Gasteiger partial charge in [-0.25, -0.2) is 4.39 Å². The highest BCUT2D eigenvalue weighted by atomic mass is 79.9. The molecule has 1 heterocycles. The van der Waals surface area contributed by atoms with Crippen molar-refractivity contribution in [3.8, 4) is 0 Å². The smallest absolute Gasteiger partial charge is 0.193 e. The molecule has 4 heteroatoms. The molecule has 3 rings (SSSR count). The number of ketones is 1. The summed E-state index contributed by atoms with van der Waals surface area (Å²) in [5.74, 6) is -0.614. The Hall–Kier alpha value is -1.52. The molecule has 0 amide bonds. The van der Waals surface area contributed by atoms with Crippen LogP contribution >= 0.6 is 15.9 Å². The molecule has 0 saturated carbocycles. The second kappa shape index (κ2) is 4.87. The van der Waals surface area contributed by atoms with Gasteiger partial charge >= 0.3 is 0 Å². The molecule has 0 aromatic heterocycles. The van der Waals surface area contributed by atoms with Crippen molar-refractivity contribution in [2.24, 2.45) is 0 Å². The number of fused-ring (bicyclic) bond motifs is 1. The lowest BCUT2D eigenvalue weighted by molar-refractivity contribution is 0.103. The van der Waals surface area contributed by atoms with E-state index in [2.05, 4.69) is 15.9 Å². The Balaban J connectivity index is 1.99. The van der Waals surface area contributed by atoms with E-state index in [-0.39, 0.29) is 5.78 Å². The Kier molecular flexibility index (Phi) is 3.21. The zero-order valence-corrected chi connectivity index (χ0v) is 11.5. The summed E-state index contributed by atoms with van der Waals surface area (Å²) in [6.07, 6.45) is 0. The molecule has 0 atom stereocenters. The monoisotopic (exact) mass is 320 g/mol. The third kappa shape index (κ3) is 2.46. The third-order valence-electron chi connectivity index (χ3n) is 3.11. The third-order valence-corrected chi connectivity index (χ3v) is 3.57. The molecule has 0 aliphatic carbocycles. The van der Waals surface area contributed by atoms with Gasteiger partial charge in [-0.3, -0.25) is 4.79 Å². The molecule has 0 saturated heterocycles. The summed E-state index contributed by atoms with van der Waals surface area (Å²) in [5, 5.41) is 0. The molecule has 1 aliphatic heterocycles. The van der Waals surface area contributed by atoms with Crippen LogP contribution in [-0.2, 0) is 18.0 Å². The zero-order valence-electron chi connectivity index (χ0n) is 9.95. The van der Waals surface area contributed by atoms with Crippen molar-refractivity contribution in [1.29, 1.82) is 0 Å². The molecular formula is C15H10BrFO2. The average Bonchev–Trinajstić information content (AvgIpc) is 2.83. The average molecular weight is 321 g/mol. The van der Waals surface area contributed by atoms with Crippen LogP contribution in [0.25, 0.3) is 0 Å². The molecule has 1 aliphatic rings. The molecule has 0 fully saturated rings. The minimum atomic E-state index is -0.429. The van der Waals surface area contributed by atoms with E-state index >= 15 is 0 Å². The number of benzene rings is 2. The van der Waals surface area contributed by atoms with E-state index in [4.69, 9.17) is 4.74 Å². The second-order valence-electron chi connectivity index (χ2n) is 4.46. The van der Waals surface area contributed by atoms with Gasteiger partial charge in [0.1, 0.15) is 5.82 Å². The highest BCUT2D eigenvalue weighted by Crippen LogP contribution is 2.23. The normalized spacial score (nSPS) is 13.4. The fourth-order valence-electron chi connectivity index (χ4n) is 2.16. The summed E-state index contributed by atoms with van der Waals surface area (Å²) in [6.45, 7) is 1.12. The number of hydrogen-bond donors (Lipinski definition) is 0. The number of carbonyl (C=O) groups excluding carboxylic acids is 1. The van der Waals surface area contributed by atoms with Crippen LogP contribution in [-0.4, -0.2) is 5.78 Å². The minimum absolute atomic E-state index is 0.185. The van der Waals surface area contributed by atoms with Crippen LogP contribution in [0.1, 0.15) is 27.0 Å². The first-order valence-electron chi connectivity index (χ1n) is 5.84. The van der Waals surface area contributed by atoms with Crippen molar-refractivity contribution in [1.82, 2.24) is 0 Å². The number of halogens is 2. The molecule has 0 radical (unpaired) electrons. The van der Waals surface area contributed by atoms with Gasteiger partial charge in [0.15, 0.2) is 5.78 Å². The Labute approximate surface area is 118 Å². The topological polar surface area (TPSA) is 26.3 Å². The molecular weight excluding hydrogens is 311 g/mol. The van der Waals surface area contributed by atoms with E-state index in [0.717, 1.165) is 11.1 Å². The van der Waals surface area contributed by atoms with Crippen LogP contribution in [0.5, 0.6) is 0 Å². The maximum absolute atomic E-state index is 13.3. The quantitative estimate of drug-likeness (QED) is 0.786. The molecule has 0 N–H and O–H groups in total. The van der Waals surface area contributed by atoms with Gasteiger partial charge in [0.2, 0.25) is 0 Å².